The van der Waals surface area contributed by atoms with Gasteiger partial charge in [-0.15, -0.1) is 11.8 Å². The van der Waals surface area contributed by atoms with E-state index in [1.54, 1.807) is 11.8 Å². The average Bonchev–Trinajstić information content (AvgIpc) is 1.88. The minimum atomic E-state index is -0.204. The Kier molecular flexibility index (Phi) is 4.29. The molecule has 0 aromatic carbocycles. The summed E-state index contributed by atoms with van der Waals surface area (Å²) in [6.45, 7) is 6.07. The molecule has 10 heavy (non-hydrogen) atoms. The first kappa shape index (κ1) is 10.2. The van der Waals surface area contributed by atoms with Crippen molar-refractivity contribution in [1.82, 2.24) is 0 Å². The molecule has 1 nitrogen and oxygen atoms in total. The summed E-state index contributed by atoms with van der Waals surface area (Å²) < 4.78 is -0.204. The van der Waals surface area contributed by atoms with E-state index in [1.807, 2.05) is 13.8 Å². The molecule has 0 aliphatic rings. The van der Waals surface area contributed by atoms with Crippen LogP contribution in [0.2, 0.25) is 0 Å². The second kappa shape index (κ2) is 4.19. The largest absolute Gasteiger partial charge is 0.501 e. The third-order valence-electron chi connectivity index (χ3n) is 1.59. The summed E-state index contributed by atoms with van der Waals surface area (Å²) in [5.41, 5.74) is 0. The van der Waals surface area contributed by atoms with Crippen LogP contribution in [0.15, 0.2) is 0 Å². The Balaban J connectivity index is 4.08. The maximum atomic E-state index is 9.11. The van der Waals surface area contributed by atoms with Gasteiger partial charge in [0.05, 0.1) is 4.75 Å². The van der Waals surface area contributed by atoms with Gasteiger partial charge in [0.15, 0.2) is 5.05 Å². The third kappa shape index (κ3) is 2.46. The number of aliphatic hydroxyl groups is 1. The van der Waals surface area contributed by atoms with Crippen LogP contribution in [0.4, 0.5) is 0 Å². The van der Waals surface area contributed by atoms with Crippen molar-refractivity contribution in [3.63, 3.8) is 0 Å². The average molecular weight is 178 g/mol. The number of hydrogen-bond acceptors (Lipinski definition) is 2. The Morgan fingerprint density at radius 3 is 2.20 bits per heavy atom. The van der Waals surface area contributed by atoms with E-state index >= 15 is 0 Å². The Bertz CT molecular complexity index is 125. The van der Waals surface area contributed by atoms with Crippen LogP contribution >= 0.6 is 24.0 Å². The van der Waals surface area contributed by atoms with Gasteiger partial charge in [-0.3, -0.25) is 0 Å². The predicted octanol–water partition coefficient (Wildman–Crippen LogP) is 2.79. The summed E-state index contributed by atoms with van der Waals surface area (Å²) in [6, 6.07) is 0. The van der Waals surface area contributed by atoms with Crippen LogP contribution in [0.3, 0.4) is 0 Å². The van der Waals surface area contributed by atoms with Crippen molar-refractivity contribution >= 4 is 29.0 Å². The lowest BCUT2D eigenvalue weighted by Gasteiger charge is -2.23. The molecule has 1 atom stereocenters. The monoisotopic (exact) mass is 178 g/mol. The van der Waals surface area contributed by atoms with Gasteiger partial charge in [0, 0.05) is 0 Å². The molecule has 60 valence electrons. The van der Waals surface area contributed by atoms with E-state index in [4.69, 9.17) is 17.3 Å². The van der Waals surface area contributed by atoms with Crippen LogP contribution in [0.5, 0.6) is 0 Å². The van der Waals surface area contributed by atoms with Crippen LogP contribution in [0.1, 0.15) is 27.2 Å². The van der Waals surface area contributed by atoms with Crippen LogP contribution in [-0.4, -0.2) is 20.7 Å². The smallest absolute Gasteiger partial charge is 0.172 e. The molecular weight excluding hydrogens is 164 g/mol. The van der Waals surface area contributed by atoms with E-state index in [9.17, 15) is 0 Å². The molecule has 0 fully saturated rings. The predicted molar refractivity (Wildman–Crippen MR) is 52.1 cm³/mol. The fourth-order valence-electron chi connectivity index (χ4n) is 0.634. The first-order valence-corrected chi connectivity index (χ1v) is 4.83. The first-order chi connectivity index (χ1) is 4.56. The molecule has 0 spiro atoms. The highest BCUT2D eigenvalue weighted by Gasteiger charge is 2.26. The zero-order valence-corrected chi connectivity index (χ0v) is 8.31. The lowest BCUT2D eigenvalue weighted by Crippen LogP contribution is -2.29. The van der Waals surface area contributed by atoms with Gasteiger partial charge < -0.3 is 5.11 Å². The van der Waals surface area contributed by atoms with Crippen molar-refractivity contribution in [2.45, 2.75) is 31.9 Å². The lowest BCUT2D eigenvalue weighted by atomic mass is 10.1. The Morgan fingerprint density at radius 2 is 2.10 bits per heavy atom. The Morgan fingerprint density at radius 1 is 1.60 bits per heavy atom. The van der Waals surface area contributed by atoms with Gasteiger partial charge in [0.25, 0.3) is 0 Å². The van der Waals surface area contributed by atoms with Crippen LogP contribution in [0, 0.1) is 0 Å². The van der Waals surface area contributed by atoms with Gasteiger partial charge in [0.2, 0.25) is 0 Å². The van der Waals surface area contributed by atoms with E-state index in [0.29, 0.717) is 0 Å². The van der Waals surface area contributed by atoms with Crippen molar-refractivity contribution in [3.05, 3.63) is 0 Å². The molecule has 0 aromatic heterocycles. The molecule has 0 saturated carbocycles. The molecule has 0 bridgehead atoms. The molecule has 0 aliphatic heterocycles. The minimum Gasteiger partial charge on any atom is -0.501 e. The van der Waals surface area contributed by atoms with E-state index < -0.39 is 0 Å². The Labute approximate surface area is 72.2 Å². The zero-order chi connectivity index (χ0) is 8.20. The highest BCUT2D eigenvalue weighted by molar-refractivity contribution is 8.02. The van der Waals surface area contributed by atoms with Crippen molar-refractivity contribution in [1.29, 1.82) is 0 Å². The van der Waals surface area contributed by atoms with Crippen molar-refractivity contribution in [3.8, 4) is 0 Å². The molecule has 0 saturated heterocycles. The Hall–Kier alpha value is 0.240. The van der Waals surface area contributed by atoms with E-state index in [1.165, 1.54) is 0 Å². The molecule has 1 unspecified atom stereocenters. The van der Waals surface area contributed by atoms with Gasteiger partial charge in [-0.05, 0) is 31.3 Å². The number of thiocarbonyl (C=S) groups is 1. The molecule has 1 N–H and O–H groups in total. The first-order valence-electron chi connectivity index (χ1n) is 3.44. The molecular formula is C7H14OS2. The minimum absolute atomic E-state index is 0.127. The SMILES string of the molecule is CCSC(C)(CC)C(O)=S. The van der Waals surface area contributed by atoms with Gasteiger partial charge in [-0.25, -0.2) is 0 Å². The summed E-state index contributed by atoms with van der Waals surface area (Å²) in [7, 11) is 0. The molecule has 0 amide bonds. The quantitative estimate of drug-likeness (QED) is 0.668. The fourth-order valence-corrected chi connectivity index (χ4v) is 1.92. The topological polar surface area (TPSA) is 20.2 Å². The third-order valence-corrected chi connectivity index (χ3v) is 3.58. The maximum Gasteiger partial charge on any atom is 0.172 e. The lowest BCUT2D eigenvalue weighted by molar-refractivity contribution is 0.519. The number of hydrogen-bond donors (Lipinski definition) is 1. The molecule has 0 rings (SSSR count). The number of thioether (sulfide) groups is 1. The second-order valence-electron chi connectivity index (χ2n) is 2.32. The summed E-state index contributed by atoms with van der Waals surface area (Å²) in [6.07, 6.45) is 0.890. The van der Waals surface area contributed by atoms with Gasteiger partial charge in [0.1, 0.15) is 0 Å². The van der Waals surface area contributed by atoms with E-state index in [2.05, 4.69) is 6.92 Å². The van der Waals surface area contributed by atoms with E-state index in [-0.39, 0.29) is 9.80 Å². The molecule has 3 heteroatoms. The summed E-state index contributed by atoms with van der Waals surface area (Å²) in [5, 5.41) is 9.24. The zero-order valence-electron chi connectivity index (χ0n) is 6.68. The van der Waals surface area contributed by atoms with Crippen molar-refractivity contribution in [2.24, 2.45) is 0 Å². The van der Waals surface area contributed by atoms with Gasteiger partial charge in [-0.2, -0.15) is 0 Å². The molecule has 0 aliphatic carbocycles. The number of rotatable bonds is 4. The molecule has 0 heterocycles. The van der Waals surface area contributed by atoms with Crippen LogP contribution in [-0.2, 0) is 0 Å². The van der Waals surface area contributed by atoms with Crippen LogP contribution in [0.25, 0.3) is 0 Å². The summed E-state index contributed by atoms with van der Waals surface area (Å²) in [4.78, 5) is 0. The highest BCUT2D eigenvalue weighted by Crippen LogP contribution is 2.28. The summed E-state index contributed by atoms with van der Waals surface area (Å²) >= 11 is 6.43. The molecule has 0 aromatic rings. The fraction of sp³-hybridized carbons (Fsp3) is 0.857. The summed E-state index contributed by atoms with van der Waals surface area (Å²) in [5.74, 6) is 0.991. The maximum absolute atomic E-state index is 9.11. The normalized spacial score (nSPS) is 16.3. The highest BCUT2D eigenvalue weighted by atomic mass is 32.2. The van der Waals surface area contributed by atoms with Gasteiger partial charge in [-0.1, -0.05) is 13.8 Å². The second-order valence-corrected chi connectivity index (χ2v) is 4.48. The standard InChI is InChI=1S/C7H14OS2/c1-4-7(3,6(8)9)10-5-2/h4-5H2,1-3H3,(H,8,9). The van der Waals surface area contributed by atoms with Crippen molar-refractivity contribution < 1.29 is 5.11 Å². The van der Waals surface area contributed by atoms with Crippen molar-refractivity contribution in [2.75, 3.05) is 5.75 Å². The van der Waals surface area contributed by atoms with E-state index in [0.717, 1.165) is 12.2 Å². The van der Waals surface area contributed by atoms with Gasteiger partial charge >= 0.3 is 0 Å². The van der Waals surface area contributed by atoms with Crippen LogP contribution < -0.4 is 0 Å². The molecule has 0 radical (unpaired) electrons. The number of aliphatic hydroxyl groups excluding tert-OH is 1.